The number of benzene rings is 3. The van der Waals surface area contributed by atoms with Crippen LogP contribution in [0.2, 0.25) is 0 Å². The van der Waals surface area contributed by atoms with E-state index in [0.717, 1.165) is 70.2 Å². The summed E-state index contributed by atoms with van der Waals surface area (Å²) in [5.41, 5.74) is 9.82. The highest BCUT2D eigenvalue weighted by atomic mass is 16.6. The number of hydrogen-bond acceptors (Lipinski definition) is 10. The first-order valence-electron chi connectivity index (χ1n) is 22.8. The van der Waals surface area contributed by atoms with Crippen molar-refractivity contribution in [3.05, 3.63) is 81.9 Å². The third kappa shape index (κ3) is 12.7. The Bertz CT molecular complexity index is 1570. The van der Waals surface area contributed by atoms with E-state index >= 15 is 0 Å². The van der Waals surface area contributed by atoms with E-state index in [9.17, 15) is 0 Å². The summed E-state index contributed by atoms with van der Waals surface area (Å²) < 4.78 is 49.9. The van der Waals surface area contributed by atoms with Gasteiger partial charge in [0, 0.05) is 13.2 Å². The van der Waals surface area contributed by atoms with Crippen LogP contribution in [0, 0.1) is 13.8 Å². The molecule has 10 nitrogen and oxygen atoms in total. The van der Waals surface area contributed by atoms with Crippen LogP contribution < -0.4 is 0 Å². The molecule has 3 aromatic carbocycles. The van der Waals surface area contributed by atoms with Crippen molar-refractivity contribution in [2.75, 3.05) is 106 Å². The fraction of sp³-hybridized carbons (Fsp3) is 0.640. The molecular weight excluding hydrogens is 761 g/mol. The highest BCUT2D eigenvalue weighted by molar-refractivity contribution is 5.89. The first-order valence-corrected chi connectivity index (χ1v) is 22.8. The van der Waals surface area contributed by atoms with Gasteiger partial charge in [-0.25, -0.2) is 0 Å². The minimum Gasteiger partial charge on any atom is -0.394 e. The summed E-state index contributed by atoms with van der Waals surface area (Å²) in [5.74, 6) is 0. The number of fused-ring (bicyclic) bond motifs is 6. The van der Waals surface area contributed by atoms with Gasteiger partial charge >= 0.3 is 0 Å². The second-order valence-electron chi connectivity index (χ2n) is 16.2. The Morgan fingerprint density at radius 3 is 1.12 bits per heavy atom. The van der Waals surface area contributed by atoms with E-state index in [4.69, 9.17) is 48.1 Å². The van der Waals surface area contributed by atoms with Crippen molar-refractivity contribution >= 4 is 0 Å². The maximum atomic E-state index is 9.01. The van der Waals surface area contributed by atoms with Gasteiger partial charge in [0.2, 0.25) is 0 Å². The van der Waals surface area contributed by atoms with E-state index < -0.39 is 11.2 Å². The second kappa shape index (κ2) is 26.0. The summed E-state index contributed by atoms with van der Waals surface area (Å²) >= 11 is 0. The van der Waals surface area contributed by atoms with Gasteiger partial charge in [0.15, 0.2) is 0 Å². The molecule has 2 N–H and O–H groups in total. The number of hydrogen-bond donors (Lipinski definition) is 2. The van der Waals surface area contributed by atoms with Crippen LogP contribution in [-0.4, -0.2) is 116 Å². The minimum absolute atomic E-state index is 0.00126. The molecule has 0 bridgehead atoms. The third-order valence-electron chi connectivity index (χ3n) is 11.6. The SMILES string of the molecule is CCCCCCCOC1(COCCOCCOCCO)c2cc(C)ccc2-c2cc3c(cc21)-c1ccc(C)cc1C3(COCCOCCOCCO)OCCCCCCC. The van der Waals surface area contributed by atoms with E-state index in [1.807, 2.05) is 0 Å². The molecule has 0 spiro atoms. The van der Waals surface area contributed by atoms with Gasteiger partial charge in [0.25, 0.3) is 0 Å². The van der Waals surface area contributed by atoms with Crippen molar-refractivity contribution in [2.45, 2.75) is 103 Å². The Kier molecular flexibility index (Phi) is 20.9. The van der Waals surface area contributed by atoms with Crippen LogP contribution in [0.15, 0.2) is 48.5 Å². The van der Waals surface area contributed by atoms with Crippen molar-refractivity contribution in [3.63, 3.8) is 0 Å². The van der Waals surface area contributed by atoms with E-state index in [2.05, 4.69) is 76.2 Å². The topological polar surface area (TPSA) is 114 Å². The quantitative estimate of drug-likeness (QED) is 0.0566. The lowest BCUT2D eigenvalue weighted by atomic mass is 9.87. The molecule has 0 aliphatic heterocycles. The largest absolute Gasteiger partial charge is 0.394 e. The molecule has 0 aromatic heterocycles. The smallest absolute Gasteiger partial charge is 0.143 e. The first-order chi connectivity index (χ1) is 29.5. The van der Waals surface area contributed by atoms with Crippen LogP contribution in [0.1, 0.15) is 111 Å². The van der Waals surface area contributed by atoms with Gasteiger partial charge in [0.1, 0.15) is 11.2 Å². The molecule has 2 unspecified atom stereocenters. The third-order valence-corrected chi connectivity index (χ3v) is 11.6. The Labute approximate surface area is 360 Å². The number of unbranched alkanes of at least 4 members (excludes halogenated alkanes) is 8. The monoisotopic (exact) mass is 835 g/mol. The van der Waals surface area contributed by atoms with Gasteiger partial charge in [-0.15, -0.1) is 0 Å². The summed E-state index contributed by atoms with van der Waals surface area (Å²) in [4.78, 5) is 0. The Morgan fingerprint density at radius 1 is 0.383 bits per heavy atom. The molecule has 0 fully saturated rings. The van der Waals surface area contributed by atoms with E-state index in [1.165, 1.54) is 49.7 Å². The lowest BCUT2D eigenvalue weighted by molar-refractivity contribution is -0.0854. The van der Waals surface area contributed by atoms with Gasteiger partial charge in [-0.1, -0.05) is 113 Å². The molecule has 334 valence electrons. The van der Waals surface area contributed by atoms with Gasteiger partial charge in [-0.3, -0.25) is 0 Å². The number of aliphatic hydroxyl groups excluding tert-OH is 2. The molecule has 3 aromatic rings. The maximum Gasteiger partial charge on any atom is 0.143 e. The molecule has 0 amide bonds. The average Bonchev–Trinajstić information content (AvgIpc) is 3.66. The maximum absolute atomic E-state index is 9.01. The number of ether oxygens (including phenoxy) is 8. The summed E-state index contributed by atoms with van der Waals surface area (Å²) in [6.45, 7) is 14.8. The van der Waals surface area contributed by atoms with Crippen molar-refractivity contribution in [2.24, 2.45) is 0 Å². The predicted octanol–water partition coefficient (Wildman–Crippen LogP) is 8.81. The Hall–Kier alpha value is -2.74. The molecule has 0 heterocycles. The fourth-order valence-electron chi connectivity index (χ4n) is 8.51. The highest BCUT2D eigenvalue weighted by Crippen LogP contribution is 2.57. The van der Waals surface area contributed by atoms with Crippen molar-refractivity contribution in [1.82, 2.24) is 0 Å². The molecule has 60 heavy (non-hydrogen) atoms. The van der Waals surface area contributed by atoms with Crippen molar-refractivity contribution in [1.29, 1.82) is 0 Å². The lowest BCUT2D eigenvalue weighted by Crippen LogP contribution is -2.37. The van der Waals surface area contributed by atoms with Gasteiger partial charge < -0.3 is 48.1 Å². The fourth-order valence-corrected chi connectivity index (χ4v) is 8.51. The summed E-state index contributed by atoms with van der Waals surface area (Å²) in [5, 5.41) is 18.0. The molecule has 0 saturated carbocycles. The molecule has 10 heteroatoms. The molecule has 2 aliphatic rings. The van der Waals surface area contributed by atoms with Crippen LogP contribution in [0.5, 0.6) is 0 Å². The average molecular weight is 835 g/mol. The van der Waals surface area contributed by atoms with Crippen LogP contribution in [0.25, 0.3) is 22.3 Å². The number of aliphatic hydroxyl groups is 2. The zero-order chi connectivity index (χ0) is 42.5. The Morgan fingerprint density at radius 2 is 0.733 bits per heavy atom. The molecule has 0 saturated heterocycles. The van der Waals surface area contributed by atoms with Crippen LogP contribution >= 0.6 is 0 Å². The van der Waals surface area contributed by atoms with Gasteiger partial charge in [0.05, 0.1) is 92.5 Å². The predicted molar refractivity (Wildman–Crippen MR) is 237 cm³/mol. The summed E-state index contributed by atoms with van der Waals surface area (Å²) in [7, 11) is 0. The molecular formula is C50H74O10. The Balaban J connectivity index is 1.51. The normalized spacial score (nSPS) is 17.6. The van der Waals surface area contributed by atoms with Crippen molar-refractivity contribution in [3.8, 4) is 22.3 Å². The van der Waals surface area contributed by atoms with E-state index in [-0.39, 0.29) is 13.2 Å². The zero-order valence-corrected chi connectivity index (χ0v) is 37.2. The highest BCUT2D eigenvalue weighted by Gasteiger charge is 2.50. The van der Waals surface area contributed by atoms with Gasteiger partial charge in [-0.2, -0.15) is 0 Å². The number of rotatable bonds is 34. The van der Waals surface area contributed by atoms with E-state index in [0.29, 0.717) is 92.5 Å². The molecule has 0 radical (unpaired) electrons. The second-order valence-corrected chi connectivity index (χ2v) is 16.2. The molecule has 2 atom stereocenters. The van der Waals surface area contributed by atoms with Crippen molar-refractivity contribution < 1.29 is 48.1 Å². The number of aryl methyl sites for hydroxylation is 2. The molecule has 2 aliphatic carbocycles. The lowest BCUT2D eigenvalue weighted by Gasteiger charge is -2.34. The molecule has 5 rings (SSSR count). The van der Waals surface area contributed by atoms with Crippen LogP contribution in [-0.2, 0) is 49.1 Å². The minimum atomic E-state index is -0.814. The van der Waals surface area contributed by atoms with Gasteiger partial charge in [-0.05, 0) is 83.3 Å². The van der Waals surface area contributed by atoms with Crippen LogP contribution in [0.3, 0.4) is 0 Å². The summed E-state index contributed by atoms with van der Waals surface area (Å²) in [6.07, 6.45) is 11.5. The van der Waals surface area contributed by atoms with Crippen LogP contribution in [0.4, 0.5) is 0 Å². The zero-order valence-electron chi connectivity index (χ0n) is 37.2. The first kappa shape index (κ1) is 48.3. The standard InChI is InChI=1S/C50H74O10/c1-5-7-9-11-13-21-59-49(37-57-31-29-55-27-25-53-23-19-51)45-33-39(3)15-17-41(45)43-36-48-44(35-47(43)49)42-18-16-40(4)34-46(42)50(48,60-22-14-12-10-8-6-2)38-58-32-30-56-28-26-54-24-20-52/h15-18,33-36,51-52H,5-14,19-32,37-38H2,1-4H3. The summed E-state index contributed by atoms with van der Waals surface area (Å²) in [6, 6.07) is 18.2. The van der Waals surface area contributed by atoms with E-state index in [1.54, 1.807) is 0 Å².